The normalized spacial score (nSPS) is 14.8. The SMILES string of the molecule is O=C(/C=C/c1ccco1)NCc1nn(CCN2CCCC2)c(=O)c2ccccc12. The lowest BCUT2D eigenvalue weighted by molar-refractivity contribution is -0.116. The second-order valence-corrected chi connectivity index (χ2v) is 7.14. The van der Waals surface area contributed by atoms with Gasteiger partial charge in [0.25, 0.3) is 5.56 Å². The van der Waals surface area contributed by atoms with E-state index in [0.29, 0.717) is 23.4 Å². The number of benzene rings is 1. The molecule has 0 aliphatic carbocycles. The van der Waals surface area contributed by atoms with Crippen LogP contribution in [0.2, 0.25) is 0 Å². The van der Waals surface area contributed by atoms with Crippen molar-refractivity contribution in [2.24, 2.45) is 0 Å². The lowest BCUT2D eigenvalue weighted by Crippen LogP contribution is -2.32. The van der Waals surface area contributed by atoms with Crippen molar-refractivity contribution < 1.29 is 9.21 Å². The molecule has 0 saturated carbocycles. The number of hydrogen-bond acceptors (Lipinski definition) is 5. The van der Waals surface area contributed by atoms with E-state index in [4.69, 9.17) is 4.42 Å². The summed E-state index contributed by atoms with van der Waals surface area (Å²) < 4.78 is 6.71. The van der Waals surface area contributed by atoms with E-state index in [-0.39, 0.29) is 18.0 Å². The molecule has 1 aromatic carbocycles. The molecule has 29 heavy (non-hydrogen) atoms. The van der Waals surface area contributed by atoms with Gasteiger partial charge in [-0.05, 0) is 50.2 Å². The van der Waals surface area contributed by atoms with Crippen LogP contribution in [0.25, 0.3) is 16.8 Å². The lowest BCUT2D eigenvalue weighted by atomic mass is 10.1. The van der Waals surface area contributed by atoms with Gasteiger partial charge in [0.05, 0.1) is 30.4 Å². The largest absolute Gasteiger partial charge is 0.465 e. The number of carbonyl (C=O) groups excluding carboxylic acids is 1. The van der Waals surface area contributed by atoms with Crippen LogP contribution in [0.1, 0.15) is 24.3 Å². The molecule has 1 saturated heterocycles. The number of nitrogens with one attached hydrogen (secondary N) is 1. The molecule has 1 N–H and O–H groups in total. The van der Waals surface area contributed by atoms with Gasteiger partial charge in [-0.25, -0.2) is 4.68 Å². The summed E-state index contributed by atoms with van der Waals surface area (Å²) in [5, 5.41) is 8.80. The molecule has 0 radical (unpaired) electrons. The summed E-state index contributed by atoms with van der Waals surface area (Å²) >= 11 is 0. The summed E-state index contributed by atoms with van der Waals surface area (Å²) in [5.74, 6) is 0.362. The number of fused-ring (bicyclic) bond motifs is 1. The zero-order valence-electron chi connectivity index (χ0n) is 16.2. The van der Waals surface area contributed by atoms with Crippen molar-refractivity contribution in [3.05, 3.63) is 70.5 Å². The maximum Gasteiger partial charge on any atom is 0.274 e. The first-order valence-electron chi connectivity index (χ1n) is 9.91. The topological polar surface area (TPSA) is 80.4 Å². The zero-order chi connectivity index (χ0) is 20.1. The van der Waals surface area contributed by atoms with Crippen molar-refractivity contribution in [2.45, 2.75) is 25.9 Å². The fourth-order valence-corrected chi connectivity index (χ4v) is 3.60. The minimum absolute atomic E-state index is 0.0902. The molecule has 1 fully saturated rings. The van der Waals surface area contributed by atoms with Crippen LogP contribution >= 0.6 is 0 Å². The summed E-state index contributed by atoms with van der Waals surface area (Å²) in [7, 11) is 0. The second-order valence-electron chi connectivity index (χ2n) is 7.14. The van der Waals surface area contributed by atoms with E-state index in [1.807, 2.05) is 24.3 Å². The minimum Gasteiger partial charge on any atom is -0.465 e. The van der Waals surface area contributed by atoms with Gasteiger partial charge in [-0.1, -0.05) is 18.2 Å². The quantitative estimate of drug-likeness (QED) is 0.625. The van der Waals surface area contributed by atoms with Gasteiger partial charge < -0.3 is 14.6 Å². The maximum absolute atomic E-state index is 12.8. The van der Waals surface area contributed by atoms with Gasteiger partial charge in [-0.15, -0.1) is 0 Å². The molecular weight excluding hydrogens is 368 g/mol. The van der Waals surface area contributed by atoms with Gasteiger partial charge in [0.2, 0.25) is 5.91 Å². The summed E-state index contributed by atoms with van der Waals surface area (Å²) in [6.07, 6.45) is 7.01. The summed E-state index contributed by atoms with van der Waals surface area (Å²) in [5.41, 5.74) is 0.592. The fourth-order valence-electron chi connectivity index (χ4n) is 3.60. The van der Waals surface area contributed by atoms with Crippen LogP contribution < -0.4 is 10.9 Å². The van der Waals surface area contributed by atoms with E-state index in [1.54, 1.807) is 24.5 Å². The molecule has 2 aromatic heterocycles. The number of carbonyl (C=O) groups is 1. The Morgan fingerprint density at radius 3 is 2.66 bits per heavy atom. The van der Waals surface area contributed by atoms with Gasteiger partial charge >= 0.3 is 0 Å². The Morgan fingerprint density at radius 2 is 1.90 bits per heavy atom. The van der Waals surface area contributed by atoms with Crippen LogP contribution in [0.3, 0.4) is 0 Å². The minimum atomic E-state index is -0.248. The van der Waals surface area contributed by atoms with Gasteiger partial charge in [0.1, 0.15) is 5.76 Å². The number of amides is 1. The number of nitrogens with zero attached hydrogens (tertiary/aromatic N) is 3. The van der Waals surface area contributed by atoms with E-state index in [1.165, 1.54) is 23.6 Å². The van der Waals surface area contributed by atoms with Crippen LogP contribution in [0.4, 0.5) is 0 Å². The first-order chi connectivity index (χ1) is 14.2. The summed E-state index contributed by atoms with van der Waals surface area (Å²) in [6.45, 7) is 3.75. The Morgan fingerprint density at radius 1 is 1.10 bits per heavy atom. The molecule has 1 aliphatic heterocycles. The van der Waals surface area contributed by atoms with E-state index >= 15 is 0 Å². The Balaban J connectivity index is 1.51. The number of rotatable bonds is 7. The van der Waals surface area contributed by atoms with Gasteiger partial charge in [-0.2, -0.15) is 5.10 Å². The van der Waals surface area contributed by atoms with E-state index in [2.05, 4.69) is 15.3 Å². The van der Waals surface area contributed by atoms with E-state index in [9.17, 15) is 9.59 Å². The summed E-state index contributed by atoms with van der Waals surface area (Å²) in [6, 6.07) is 10.9. The molecule has 1 amide bonds. The predicted octanol–water partition coefficient (Wildman–Crippen LogP) is 2.41. The number of aromatic nitrogens is 2. The van der Waals surface area contributed by atoms with Gasteiger partial charge in [0.15, 0.2) is 0 Å². The van der Waals surface area contributed by atoms with Crippen LogP contribution in [0.15, 0.2) is 57.9 Å². The molecule has 150 valence electrons. The standard InChI is InChI=1S/C22H24N4O3/c27-21(10-9-17-6-5-15-29-17)23-16-20-18-7-1-2-8-19(18)22(28)26(24-20)14-13-25-11-3-4-12-25/h1-2,5-10,15H,3-4,11-14,16H2,(H,23,27)/b10-9+. The summed E-state index contributed by atoms with van der Waals surface area (Å²) in [4.78, 5) is 27.3. The highest BCUT2D eigenvalue weighted by atomic mass is 16.3. The molecule has 3 heterocycles. The van der Waals surface area contributed by atoms with Crippen molar-refractivity contribution in [3.8, 4) is 0 Å². The Hall–Kier alpha value is -3.19. The fraction of sp³-hybridized carbons (Fsp3) is 0.318. The molecule has 4 rings (SSSR count). The molecule has 7 nitrogen and oxygen atoms in total. The van der Waals surface area contributed by atoms with Crippen molar-refractivity contribution >= 4 is 22.8 Å². The van der Waals surface area contributed by atoms with E-state index < -0.39 is 0 Å². The van der Waals surface area contributed by atoms with Gasteiger partial charge in [0, 0.05) is 18.0 Å². The molecule has 1 aliphatic rings. The first-order valence-corrected chi connectivity index (χ1v) is 9.91. The molecule has 0 unspecified atom stereocenters. The molecule has 0 spiro atoms. The third kappa shape index (κ3) is 4.63. The molecule has 0 bridgehead atoms. The Labute approximate surface area is 168 Å². The van der Waals surface area contributed by atoms with Crippen molar-refractivity contribution in [1.29, 1.82) is 0 Å². The molecule has 3 aromatic rings. The Kier molecular flexibility index (Phi) is 5.86. The first kappa shape index (κ1) is 19.1. The average Bonchev–Trinajstić information content (AvgIpc) is 3.45. The monoisotopic (exact) mass is 392 g/mol. The van der Waals surface area contributed by atoms with Crippen molar-refractivity contribution in [3.63, 3.8) is 0 Å². The second kappa shape index (κ2) is 8.87. The highest BCUT2D eigenvalue weighted by Crippen LogP contribution is 2.13. The van der Waals surface area contributed by atoms with Gasteiger partial charge in [-0.3, -0.25) is 9.59 Å². The molecular formula is C22H24N4O3. The number of likely N-dealkylation sites (tertiary alicyclic amines) is 1. The predicted molar refractivity (Wildman–Crippen MR) is 111 cm³/mol. The lowest BCUT2D eigenvalue weighted by Gasteiger charge is -2.16. The number of hydrogen-bond donors (Lipinski definition) is 1. The third-order valence-electron chi connectivity index (χ3n) is 5.14. The van der Waals surface area contributed by atoms with Crippen LogP contribution in [-0.4, -0.2) is 40.2 Å². The van der Waals surface area contributed by atoms with Crippen molar-refractivity contribution in [2.75, 3.05) is 19.6 Å². The zero-order valence-corrected chi connectivity index (χ0v) is 16.2. The highest BCUT2D eigenvalue weighted by Gasteiger charge is 2.14. The van der Waals surface area contributed by atoms with Crippen LogP contribution in [-0.2, 0) is 17.9 Å². The van der Waals surface area contributed by atoms with Crippen molar-refractivity contribution in [1.82, 2.24) is 20.0 Å². The van der Waals surface area contributed by atoms with E-state index in [0.717, 1.165) is 25.0 Å². The Bertz CT molecular complexity index is 1060. The maximum atomic E-state index is 12.8. The number of furan rings is 1. The highest BCUT2D eigenvalue weighted by molar-refractivity contribution is 5.91. The van der Waals surface area contributed by atoms with Crippen LogP contribution in [0, 0.1) is 0 Å². The third-order valence-corrected chi connectivity index (χ3v) is 5.14. The smallest absolute Gasteiger partial charge is 0.274 e. The molecule has 0 atom stereocenters. The average molecular weight is 392 g/mol. The molecule has 7 heteroatoms. The van der Waals surface area contributed by atoms with Crippen LogP contribution in [0.5, 0.6) is 0 Å².